The van der Waals surface area contributed by atoms with Gasteiger partial charge < -0.3 is 14.4 Å². The molecule has 0 unspecified atom stereocenters. The van der Waals surface area contributed by atoms with Crippen molar-refractivity contribution in [2.24, 2.45) is 0 Å². The maximum atomic E-state index is 11.3. The number of carbonyl (C=O) groups is 1. The van der Waals surface area contributed by atoms with Crippen LogP contribution in [0.3, 0.4) is 0 Å². The summed E-state index contributed by atoms with van der Waals surface area (Å²) in [5.74, 6) is -0.194. The van der Waals surface area contributed by atoms with Crippen LogP contribution in [0.15, 0.2) is 34.8 Å². The van der Waals surface area contributed by atoms with Gasteiger partial charge in [0.05, 0.1) is 12.8 Å². The van der Waals surface area contributed by atoms with Gasteiger partial charge in [-0.25, -0.2) is 4.79 Å². The summed E-state index contributed by atoms with van der Waals surface area (Å²) in [6, 6.07) is 9.14. The highest BCUT2D eigenvalue weighted by molar-refractivity contribution is 9.10. The Bertz CT molecular complexity index is 647. The minimum atomic E-state index is -0.927. The average Bonchev–Trinajstić information content (AvgIpc) is 2.84. The molecule has 0 atom stereocenters. The van der Waals surface area contributed by atoms with Crippen molar-refractivity contribution in [3.05, 3.63) is 40.5 Å². The van der Waals surface area contributed by atoms with E-state index >= 15 is 0 Å². The number of hydrogen-bond donors (Lipinski definition) is 1. The standard InChI is InChI=1S/C15H16BrNO3/c1-9(2)17-13(6-7-14(17)15(18)19)11-8-10(20-3)4-5-12(11)16/h4-9H,1-3H3,(H,18,19). The third-order valence-electron chi connectivity index (χ3n) is 3.10. The first kappa shape index (κ1) is 14.7. The molecule has 0 radical (unpaired) electrons. The fourth-order valence-electron chi connectivity index (χ4n) is 2.23. The number of carboxylic acids is 1. The lowest BCUT2D eigenvalue weighted by molar-refractivity contribution is 0.0683. The van der Waals surface area contributed by atoms with E-state index in [-0.39, 0.29) is 11.7 Å². The fourth-order valence-corrected chi connectivity index (χ4v) is 2.68. The minimum Gasteiger partial charge on any atom is -0.497 e. The third kappa shape index (κ3) is 2.58. The van der Waals surface area contributed by atoms with Crippen LogP contribution in [0, 0.1) is 0 Å². The van der Waals surface area contributed by atoms with Gasteiger partial charge in [-0.2, -0.15) is 0 Å². The first-order valence-corrected chi connectivity index (χ1v) is 7.03. The van der Waals surface area contributed by atoms with Crippen molar-refractivity contribution in [3.63, 3.8) is 0 Å². The Morgan fingerprint density at radius 2 is 2.00 bits per heavy atom. The van der Waals surface area contributed by atoms with Crippen molar-refractivity contribution in [1.29, 1.82) is 0 Å². The highest BCUT2D eigenvalue weighted by Crippen LogP contribution is 2.34. The van der Waals surface area contributed by atoms with E-state index in [1.807, 2.05) is 42.7 Å². The van der Waals surface area contributed by atoms with Gasteiger partial charge in [-0.05, 0) is 44.2 Å². The van der Waals surface area contributed by atoms with Crippen molar-refractivity contribution in [3.8, 4) is 17.0 Å². The van der Waals surface area contributed by atoms with Crippen LogP contribution >= 0.6 is 15.9 Å². The van der Waals surface area contributed by atoms with Crippen LogP contribution in [-0.2, 0) is 0 Å². The largest absolute Gasteiger partial charge is 0.497 e. The van der Waals surface area contributed by atoms with Crippen LogP contribution in [-0.4, -0.2) is 22.8 Å². The van der Waals surface area contributed by atoms with E-state index in [9.17, 15) is 9.90 Å². The Kier molecular flexibility index (Phi) is 4.18. The number of benzene rings is 1. The summed E-state index contributed by atoms with van der Waals surface area (Å²) in [4.78, 5) is 11.3. The molecule has 0 saturated carbocycles. The van der Waals surface area contributed by atoms with Gasteiger partial charge >= 0.3 is 5.97 Å². The number of halogens is 1. The summed E-state index contributed by atoms with van der Waals surface area (Å²) in [5.41, 5.74) is 2.04. The van der Waals surface area contributed by atoms with E-state index in [2.05, 4.69) is 15.9 Å². The second-order valence-electron chi connectivity index (χ2n) is 4.72. The summed E-state index contributed by atoms with van der Waals surface area (Å²) < 4.78 is 7.95. The maximum absolute atomic E-state index is 11.3. The molecule has 4 nitrogen and oxygen atoms in total. The number of methoxy groups -OCH3 is 1. The van der Waals surface area contributed by atoms with Gasteiger partial charge in [0.1, 0.15) is 11.4 Å². The van der Waals surface area contributed by atoms with Gasteiger partial charge in [-0.1, -0.05) is 15.9 Å². The van der Waals surface area contributed by atoms with Gasteiger partial charge in [0, 0.05) is 16.1 Å². The molecule has 1 heterocycles. The second-order valence-corrected chi connectivity index (χ2v) is 5.57. The number of carboxylic acid groups (broad SMARTS) is 1. The van der Waals surface area contributed by atoms with Crippen molar-refractivity contribution in [1.82, 2.24) is 4.57 Å². The van der Waals surface area contributed by atoms with E-state index in [1.165, 1.54) is 0 Å². The molecule has 0 amide bonds. The lowest BCUT2D eigenvalue weighted by atomic mass is 10.1. The molecule has 1 aromatic carbocycles. The average molecular weight is 338 g/mol. The monoisotopic (exact) mass is 337 g/mol. The van der Waals surface area contributed by atoms with E-state index in [0.29, 0.717) is 0 Å². The number of aromatic nitrogens is 1. The predicted octanol–water partition coefficient (Wildman–Crippen LogP) is 4.21. The Balaban J connectivity index is 2.67. The number of nitrogens with zero attached hydrogens (tertiary/aromatic N) is 1. The predicted molar refractivity (Wildman–Crippen MR) is 81.5 cm³/mol. The SMILES string of the molecule is COc1ccc(Br)c(-c2ccc(C(=O)O)n2C(C)C)c1. The summed E-state index contributed by atoms with van der Waals surface area (Å²) >= 11 is 3.51. The van der Waals surface area contributed by atoms with Crippen molar-refractivity contribution < 1.29 is 14.6 Å². The Labute approximate surface area is 126 Å². The number of hydrogen-bond acceptors (Lipinski definition) is 2. The van der Waals surface area contributed by atoms with Crippen molar-refractivity contribution >= 4 is 21.9 Å². The topological polar surface area (TPSA) is 51.5 Å². The van der Waals surface area contributed by atoms with Crippen molar-refractivity contribution in [2.45, 2.75) is 19.9 Å². The normalized spacial score (nSPS) is 10.8. The van der Waals surface area contributed by atoms with Gasteiger partial charge in [0.25, 0.3) is 0 Å². The van der Waals surface area contributed by atoms with Crippen LogP contribution in [0.4, 0.5) is 0 Å². The molecule has 0 aliphatic carbocycles. The molecule has 0 spiro atoms. The molecular weight excluding hydrogens is 322 g/mol. The first-order valence-electron chi connectivity index (χ1n) is 6.24. The molecule has 106 valence electrons. The van der Waals surface area contributed by atoms with E-state index in [4.69, 9.17) is 4.74 Å². The highest BCUT2D eigenvalue weighted by atomic mass is 79.9. The molecule has 1 N–H and O–H groups in total. The maximum Gasteiger partial charge on any atom is 0.352 e. The molecule has 0 fully saturated rings. The number of ether oxygens (including phenoxy) is 1. The van der Waals surface area contributed by atoms with Crippen LogP contribution in [0.2, 0.25) is 0 Å². The lowest BCUT2D eigenvalue weighted by Gasteiger charge is -2.17. The van der Waals surface area contributed by atoms with Gasteiger partial charge in [0.2, 0.25) is 0 Å². The van der Waals surface area contributed by atoms with Crippen LogP contribution < -0.4 is 4.74 Å². The molecule has 0 aliphatic rings. The second kappa shape index (κ2) is 5.71. The molecule has 5 heteroatoms. The Morgan fingerprint density at radius 1 is 1.30 bits per heavy atom. The molecule has 0 bridgehead atoms. The number of aromatic carboxylic acids is 1. The summed E-state index contributed by atoms with van der Waals surface area (Å²) in [5, 5.41) is 9.29. The summed E-state index contributed by atoms with van der Waals surface area (Å²) in [6.45, 7) is 3.92. The molecule has 1 aromatic heterocycles. The van der Waals surface area contributed by atoms with Crippen molar-refractivity contribution in [2.75, 3.05) is 7.11 Å². The van der Waals surface area contributed by atoms with Gasteiger partial charge in [-0.15, -0.1) is 0 Å². The molecule has 2 aromatic rings. The smallest absolute Gasteiger partial charge is 0.352 e. The molecule has 20 heavy (non-hydrogen) atoms. The van der Waals surface area contributed by atoms with E-state index < -0.39 is 5.97 Å². The fraction of sp³-hybridized carbons (Fsp3) is 0.267. The van der Waals surface area contributed by atoms with Gasteiger partial charge in [0.15, 0.2) is 0 Å². The van der Waals surface area contributed by atoms with Crippen LogP contribution in [0.25, 0.3) is 11.3 Å². The molecule has 0 aliphatic heterocycles. The first-order chi connectivity index (χ1) is 9.45. The number of rotatable bonds is 4. The summed E-state index contributed by atoms with van der Waals surface area (Å²) in [7, 11) is 1.61. The molecule has 2 rings (SSSR count). The molecule has 0 saturated heterocycles. The quantitative estimate of drug-likeness (QED) is 0.909. The lowest BCUT2D eigenvalue weighted by Crippen LogP contribution is -2.11. The highest BCUT2D eigenvalue weighted by Gasteiger charge is 2.19. The van der Waals surface area contributed by atoms with E-state index in [1.54, 1.807) is 13.2 Å². The Hall–Kier alpha value is -1.75. The third-order valence-corrected chi connectivity index (χ3v) is 3.79. The zero-order valence-corrected chi connectivity index (χ0v) is 13.1. The zero-order chi connectivity index (χ0) is 14.9. The molecular formula is C15H16BrNO3. The minimum absolute atomic E-state index is 0.0456. The van der Waals surface area contributed by atoms with Crippen LogP contribution in [0.5, 0.6) is 5.75 Å². The zero-order valence-electron chi connectivity index (χ0n) is 11.6. The Morgan fingerprint density at radius 3 is 2.55 bits per heavy atom. The van der Waals surface area contributed by atoms with Crippen LogP contribution in [0.1, 0.15) is 30.4 Å². The summed E-state index contributed by atoms with van der Waals surface area (Å²) in [6.07, 6.45) is 0. The van der Waals surface area contributed by atoms with E-state index in [0.717, 1.165) is 21.5 Å². The van der Waals surface area contributed by atoms with Gasteiger partial charge in [-0.3, -0.25) is 0 Å².